The fourth-order valence-electron chi connectivity index (χ4n) is 6.98. The quantitative estimate of drug-likeness (QED) is 0.0546. The zero-order valence-corrected chi connectivity index (χ0v) is 32.4. The molecular weight excluding hydrogens is 581 g/mol. The van der Waals surface area contributed by atoms with E-state index in [0.717, 1.165) is 0 Å². The van der Waals surface area contributed by atoms with Crippen molar-refractivity contribution in [3.63, 3.8) is 0 Å². The van der Waals surface area contributed by atoms with Crippen LogP contribution in [0.1, 0.15) is 205 Å². The first-order chi connectivity index (χ1) is 23.7. The van der Waals surface area contributed by atoms with Gasteiger partial charge in [0.2, 0.25) is 0 Å². The third kappa shape index (κ3) is 23.3. The van der Waals surface area contributed by atoms with Gasteiger partial charge in [-0.2, -0.15) is 0 Å². The van der Waals surface area contributed by atoms with Gasteiger partial charge in [-0.05, 0) is 36.1 Å². The molecule has 2 rings (SSSR count). The molecule has 48 heavy (non-hydrogen) atoms. The van der Waals surface area contributed by atoms with Crippen LogP contribution in [0.3, 0.4) is 0 Å². The first-order valence-electron chi connectivity index (χ1n) is 21.2. The summed E-state index contributed by atoms with van der Waals surface area (Å²) in [5.74, 6) is 0. The molecule has 1 aromatic heterocycles. The van der Waals surface area contributed by atoms with Gasteiger partial charge in [0.05, 0.1) is 0 Å². The lowest BCUT2D eigenvalue weighted by atomic mass is 10.0. The van der Waals surface area contributed by atoms with Crippen molar-refractivity contribution < 1.29 is 4.57 Å². The highest BCUT2D eigenvalue weighted by Gasteiger charge is 2.07. The third-order valence-corrected chi connectivity index (χ3v) is 10.3. The first kappa shape index (κ1) is 42.1. The zero-order chi connectivity index (χ0) is 34.2. The molecule has 272 valence electrons. The molecule has 0 saturated carbocycles. The molecule has 1 aromatic carbocycles. The summed E-state index contributed by atoms with van der Waals surface area (Å²) >= 11 is 0. The molecule has 2 nitrogen and oxygen atoms in total. The number of rotatable bonds is 33. The summed E-state index contributed by atoms with van der Waals surface area (Å²) < 4.78 is 2.08. The molecule has 0 atom stereocenters. The van der Waals surface area contributed by atoms with E-state index in [4.69, 9.17) is 0 Å². The molecule has 0 N–H and O–H groups in total. The Labute approximate surface area is 300 Å². The Hall–Kier alpha value is -2.09. The summed E-state index contributed by atoms with van der Waals surface area (Å²) in [7, 11) is 2.06. The number of pyridine rings is 1. The summed E-state index contributed by atoms with van der Waals surface area (Å²) in [5.41, 5.74) is 3.93. The minimum absolute atomic E-state index is 1.20. The lowest BCUT2D eigenvalue weighted by Gasteiger charge is -2.25. The molecule has 0 bridgehead atoms. The van der Waals surface area contributed by atoms with Crippen LogP contribution in [0.5, 0.6) is 0 Å². The van der Waals surface area contributed by atoms with Crippen molar-refractivity contribution in [2.75, 3.05) is 18.0 Å². The fraction of sp³-hybridized carbons (Fsp3) is 0.717. The minimum atomic E-state index is 1.20. The van der Waals surface area contributed by atoms with E-state index in [1.165, 1.54) is 210 Å². The molecule has 0 aliphatic heterocycles. The van der Waals surface area contributed by atoms with Crippen molar-refractivity contribution in [3.05, 3.63) is 59.9 Å². The van der Waals surface area contributed by atoms with E-state index in [-0.39, 0.29) is 0 Å². The van der Waals surface area contributed by atoms with E-state index in [2.05, 4.69) is 91.3 Å². The Kier molecular flexibility index (Phi) is 27.1. The molecule has 2 heteroatoms. The van der Waals surface area contributed by atoms with Crippen molar-refractivity contribution in [2.45, 2.75) is 194 Å². The van der Waals surface area contributed by atoms with E-state index in [1.807, 2.05) is 0 Å². The SMILES string of the molecule is CCCCCCCCCCCCCCCCN(CCCCCCCCCCCCCCCC)c1ccc(/C=C/c2cc[n+](C)cc2)cc1. The molecule has 0 aliphatic carbocycles. The van der Waals surface area contributed by atoms with Gasteiger partial charge in [-0.1, -0.05) is 205 Å². The Morgan fingerprint density at radius 1 is 0.396 bits per heavy atom. The average Bonchev–Trinajstić information content (AvgIpc) is 3.11. The highest BCUT2D eigenvalue weighted by atomic mass is 15.1. The van der Waals surface area contributed by atoms with Crippen molar-refractivity contribution in [1.29, 1.82) is 0 Å². The predicted octanol–water partition coefficient (Wildman–Crippen LogP) is 14.5. The summed E-state index contributed by atoms with van der Waals surface area (Å²) in [6.45, 7) is 7.02. The highest BCUT2D eigenvalue weighted by Crippen LogP contribution is 2.20. The second-order valence-electron chi connectivity index (χ2n) is 14.9. The second-order valence-corrected chi connectivity index (χ2v) is 14.9. The maximum absolute atomic E-state index is 2.69. The monoisotopic (exact) mass is 660 g/mol. The van der Waals surface area contributed by atoms with Crippen LogP contribution in [-0.2, 0) is 7.05 Å². The topological polar surface area (TPSA) is 7.12 Å². The van der Waals surface area contributed by atoms with Gasteiger partial charge >= 0.3 is 0 Å². The van der Waals surface area contributed by atoms with Crippen molar-refractivity contribution in [3.8, 4) is 0 Å². The number of hydrogen-bond donors (Lipinski definition) is 0. The molecular formula is C46H79N2+. The van der Waals surface area contributed by atoms with Crippen LogP contribution in [0.2, 0.25) is 0 Å². The Balaban J connectivity index is 1.66. The summed E-state index contributed by atoms with van der Waals surface area (Å²) in [5, 5.41) is 0. The van der Waals surface area contributed by atoms with Crippen LogP contribution in [0, 0.1) is 0 Å². The number of hydrogen-bond acceptors (Lipinski definition) is 1. The van der Waals surface area contributed by atoms with Crippen molar-refractivity contribution >= 4 is 17.8 Å². The molecule has 0 unspecified atom stereocenters. The summed E-state index contributed by atoms with van der Waals surface area (Å²) in [6.07, 6.45) is 48.6. The largest absolute Gasteiger partial charge is 0.372 e. The van der Waals surface area contributed by atoms with E-state index >= 15 is 0 Å². The lowest BCUT2D eigenvalue weighted by molar-refractivity contribution is -0.671. The third-order valence-electron chi connectivity index (χ3n) is 10.3. The van der Waals surface area contributed by atoms with Gasteiger partial charge in [-0.15, -0.1) is 0 Å². The molecule has 0 radical (unpaired) electrons. The lowest BCUT2D eigenvalue weighted by Crippen LogP contribution is -2.25. The number of unbranched alkanes of at least 4 members (excludes halogenated alkanes) is 26. The molecule has 0 amide bonds. The van der Waals surface area contributed by atoms with Crippen LogP contribution in [0.25, 0.3) is 12.2 Å². The van der Waals surface area contributed by atoms with Crippen molar-refractivity contribution in [1.82, 2.24) is 0 Å². The second kappa shape index (κ2) is 30.9. The number of aryl methyl sites for hydroxylation is 1. The number of anilines is 1. The van der Waals surface area contributed by atoms with Gasteiger partial charge in [0.1, 0.15) is 7.05 Å². The Bertz CT molecular complexity index is 944. The van der Waals surface area contributed by atoms with Crippen molar-refractivity contribution in [2.24, 2.45) is 7.05 Å². The fourth-order valence-corrected chi connectivity index (χ4v) is 6.98. The van der Waals surface area contributed by atoms with E-state index in [0.29, 0.717) is 0 Å². The van der Waals surface area contributed by atoms with Gasteiger partial charge in [0, 0.05) is 30.9 Å². The highest BCUT2D eigenvalue weighted by molar-refractivity contribution is 5.70. The minimum Gasteiger partial charge on any atom is -0.372 e. The Morgan fingerprint density at radius 2 is 0.688 bits per heavy atom. The molecule has 2 aromatic rings. The maximum Gasteiger partial charge on any atom is 0.169 e. The van der Waals surface area contributed by atoms with Crippen LogP contribution in [-0.4, -0.2) is 13.1 Å². The van der Waals surface area contributed by atoms with Crippen LogP contribution < -0.4 is 9.47 Å². The van der Waals surface area contributed by atoms with Crippen LogP contribution in [0.15, 0.2) is 48.8 Å². The normalized spacial score (nSPS) is 11.6. The maximum atomic E-state index is 2.69. The van der Waals surface area contributed by atoms with Gasteiger partial charge in [-0.3, -0.25) is 0 Å². The number of aromatic nitrogens is 1. The smallest absolute Gasteiger partial charge is 0.169 e. The van der Waals surface area contributed by atoms with Gasteiger partial charge in [-0.25, -0.2) is 4.57 Å². The Morgan fingerprint density at radius 3 is 1.02 bits per heavy atom. The summed E-state index contributed by atoms with van der Waals surface area (Å²) in [6, 6.07) is 13.7. The van der Waals surface area contributed by atoms with Crippen LogP contribution in [0.4, 0.5) is 5.69 Å². The van der Waals surface area contributed by atoms with E-state index in [9.17, 15) is 0 Å². The molecule has 0 saturated heterocycles. The van der Waals surface area contributed by atoms with Gasteiger partial charge in [0.25, 0.3) is 0 Å². The molecule has 0 spiro atoms. The number of nitrogens with zero attached hydrogens (tertiary/aromatic N) is 2. The number of benzene rings is 1. The average molecular weight is 660 g/mol. The van der Waals surface area contributed by atoms with Gasteiger partial charge in [0.15, 0.2) is 12.4 Å². The first-order valence-corrected chi connectivity index (χ1v) is 21.2. The van der Waals surface area contributed by atoms with Crippen LogP contribution >= 0.6 is 0 Å². The molecule has 1 heterocycles. The zero-order valence-electron chi connectivity index (χ0n) is 32.4. The molecule has 0 aliphatic rings. The summed E-state index contributed by atoms with van der Waals surface area (Å²) in [4.78, 5) is 2.69. The molecule has 0 fully saturated rings. The van der Waals surface area contributed by atoms with Gasteiger partial charge < -0.3 is 4.90 Å². The van der Waals surface area contributed by atoms with E-state index < -0.39 is 0 Å². The van der Waals surface area contributed by atoms with E-state index in [1.54, 1.807) is 0 Å². The predicted molar refractivity (Wildman–Crippen MR) is 216 cm³/mol. The standard InChI is InChI=1S/C46H79N2/c1-4-6-8-10-12-14-16-18-20-22-24-26-28-30-40-48(41-31-29-27-25-23-21-19-17-15-13-11-9-7-5-2)46-36-34-44(35-37-46)32-33-45-38-42-47(3)43-39-45/h32-39,42-43H,4-31,40-41H2,1-3H3/q+1.